The summed E-state index contributed by atoms with van der Waals surface area (Å²) in [7, 11) is 4.98. The molecule has 0 aromatic heterocycles. The Morgan fingerprint density at radius 3 is 2.53 bits per heavy atom. The van der Waals surface area contributed by atoms with Gasteiger partial charge in [-0.1, -0.05) is 0 Å². The molecule has 0 radical (unpaired) electrons. The second-order valence-electron chi connectivity index (χ2n) is 3.95. The predicted molar refractivity (Wildman–Crippen MR) is 75.3 cm³/mol. The van der Waals surface area contributed by atoms with Gasteiger partial charge in [-0.15, -0.1) is 0 Å². The van der Waals surface area contributed by atoms with Gasteiger partial charge < -0.3 is 24.3 Å². The topological polar surface area (TPSA) is 49.0 Å². The van der Waals surface area contributed by atoms with Gasteiger partial charge in [0.15, 0.2) is 0 Å². The van der Waals surface area contributed by atoms with Gasteiger partial charge in [0.1, 0.15) is 11.5 Å². The summed E-state index contributed by atoms with van der Waals surface area (Å²) in [6.45, 7) is 2.81. The van der Waals surface area contributed by atoms with E-state index in [4.69, 9.17) is 18.9 Å². The first-order valence-electron chi connectivity index (χ1n) is 6.34. The highest BCUT2D eigenvalue weighted by Crippen LogP contribution is 2.28. The highest BCUT2D eigenvalue weighted by atomic mass is 16.5. The number of ether oxygens (including phenoxy) is 4. The van der Waals surface area contributed by atoms with E-state index in [2.05, 4.69) is 5.32 Å². The SMILES string of the molecule is COCCCOCCNc1cc(OC)ccc1OC. The third kappa shape index (κ3) is 5.81. The van der Waals surface area contributed by atoms with E-state index in [0.717, 1.165) is 36.8 Å². The largest absolute Gasteiger partial charge is 0.497 e. The van der Waals surface area contributed by atoms with E-state index in [9.17, 15) is 0 Å². The van der Waals surface area contributed by atoms with Crippen molar-refractivity contribution in [3.05, 3.63) is 18.2 Å². The first-order valence-corrected chi connectivity index (χ1v) is 6.34. The van der Waals surface area contributed by atoms with E-state index >= 15 is 0 Å². The van der Waals surface area contributed by atoms with Crippen molar-refractivity contribution in [1.82, 2.24) is 0 Å². The molecular weight excluding hydrogens is 246 g/mol. The number of rotatable bonds is 10. The smallest absolute Gasteiger partial charge is 0.142 e. The average Bonchev–Trinajstić information content (AvgIpc) is 2.46. The molecule has 5 heteroatoms. The van der Waals surface area contributed by atoms with Crippen molar-refractivity contribution in [2.45, 2.75) is 6.42 Å². The zero-order chi connectivity index (χ0) is 13.9. The Morgan fingerprint density at radius 2 is 1.84 bits per heavy atom. The molecule has 0 bridgehead atoms. The van der Waals surface area contributed by atoms with Crippen LogP contribution in [0, 0.1) is 0 Å². The number of anilines is 1. The van der Waals surface area contributed by atoms with Gasteiger partial charge in [0.25, 0.3) is 0 Å². The minimum absolute atomic E-state index is 0.643. The molecule has 0 amide bonds. The van der Waals surface area contributed by atoms with E-state index in [0.29, 0.717) is 13.2 Å². The number of methoxy groups -OCH3 is 3. The van der Waals surface area contributed by atoms with E-state index in [1.165, 1.54) is 0 Å². The van der Waals surface area contributed by atoms with Gasteiger partial charge in [-0.25, -0.2) is 0 Å². The number of nitrogens with one attached hydrogen (secondary N) is 1. The molecule has 1 aromatic rings. The molecule has 108 valence electrons. The molecule has 1 rings (SSSR count). The van der Waals surface area contributed by atoms with Crippen molar-refractivity contribution in [3.63, 3.8) is 0 Å². The van der Waals surface area contributed by atoms with Gasteiger partial charge in [-0.3, -0.25) is 0 Å². The minimum atomic E-state index is 0.643. The summed E-state index contributed by atoms with van der Waals surface area (Å²) in [4.78, 5) is 0. The van der Waals surface area contributed by atoms with E-state index in [1.54, 1.807) is 21.3 Å². The van der Waals surface area contributed by atoms with Gasteiger partial charge in [0, 0.05) is 32.9 Å². The zero-order valence-electron chi connectivity index (χ0n) is 11.9. The number of benzene rings is 1. The van der Waals surface area contributed by atoms with Gasteiger partial charge in [-0.2, -0.15) is 0 Å². The van der Waals surface area contributed by atoms with Gasteiger partial charge >= 0.3 is 0 Å². The summed E-state index contributed by atoms with van der Waals surface area (Å²) in [6, 6.07) is 5.65. The minimum Gasteiger partial charge on any atom is -0.497 e. The molecule has 0 aliphatic rings. The normalized spacial score (nSPS) is 10.3. The molecule has 0 unspecified atom stereocenters. The van der Waals surface area contributed by atoms with Gasteiger partial charge in [-0.05, 0) is 18.6 Å². The zero-order valence-corrected chi connectivity index (χ0v) is 11.9. The first kappa shape index (κ1) is 15.6. The Bertz CT molecular complexity index is 357. The molecule has 0 heterocycles. The van der Waals surface area contributed by atoms with Crippen LogP contribution >= 0.6 is 0 Å². The van der Waals surface area contributed by atoms with Crippen LogP contribution in [0.15, 0.2) is 18.2 Å². The molecule has 19 heavy (non-hydrogen) atoms. The third-order valence-electron chi connectivity index (χ3n) is 2.61. The van der Waals surface area contributed by atoms with Crippen LogP contribution in [0.4, 0.5) is 5.69 Å². The van der Waals surface area contributed by atoms with Crippen molar-refractivity contribution < 1.29 is 18.9 Å². The summed E-state index contributed by atoms with van der Waals surface area (Å²) in [5.41, 5.74) is 0.905. The monoisotopic (exact) mass is 269 g/mol. The molecule has 0 fully saturated rings. The molecule has 0 spiro atoms. The maximum Gasteiger partial charge on any atom is 0.142 e. The lowest BCUT2D eigenvalue weighted by atomic mass is 10.2. The van der Waals surface area contributed by atoms with Gasteiger partial charge in [0.05, 0.1) is 26.5 Å². The summed E-state index contributed by atoms with van der Waals surface area (Å²) >= 11 is 0. The Labute approximate surface area is 114 Å². The second-order valence-corrected chi connectivity index (χ2v) is 3.95. The van der Waals surface area contributed by atoms with Crippen LogP contribution < -0.4 is 14.8 Å². The van der Waals surface area contributed by atoms with Crippen molar-refractivity contribution in [2.75, 3.05) is 53.0 Å². The predicted octanol–water partition coefficient (Wildman–Crippen LogP) is 2.17. The summed E-state index contributed by atoms with van der Waals surface area (Å²) in [5.74, 6) is 1.59. The van der Waals surface area contributed by atoms with E-state index in [-0.39, 0.29) is 0 Å². The number of hydrogen-bond donors (Lipinski definition) is 1. The van der Waals surface area contributed by atoms with Crippen LogP contribution in [0.5, 0.6) is 11.5 Å². The van der Waals surface area contributed by atoms with Crippen LogP contribution in [-0.4, -0.2) is 47.7 Å². The van der Waals surface area contributed by atoms with Crippen LogP contribution in [-0.2, 0) is 9.47 Å². The van der Waals surface area contributed by atoms with Crippen LogP contribution in [0.3, 0.4) is 0 Å². The summed E-state index contributed by atoms with van der Waals surface area (Å²) < 4.78 is 20.9. The van der Waals surface area contributed by atoms with Crippen molar-refractivity contribution in [3.8, 4) is 11.5 Å². The molecular formula is C14H23NO4. The summed E-state index contributed by atoms with van der Waals surface area (Å²) in [6.07, 6.45) is 0.916. The molecule has 0 saturated heterocycles. The lowest BCUT2D eigenvalue weighted by molar-refractivity contribution is 0.109. The second kappa shape index (κ2) is 9.47. The highest BCUT2D eigenvalue weighted by Gasteiger charge is 2.03. The Hall–Kier alpha value is -1.46. The van der Waals surface area contributed by atoms with Crippen LogP contribution in [0.25, 0.3) is 0 Å². The van der Waals surface area contributed by atoms with Crippen molar-refractivity contribution >= 4 is 5.69 Å². The van der Waals surface area contributed by atoms with Crippen LogP contribution in [0.2, 0.25) is 0 Å². The molecule has 0 saturated carbocycles. The fraction of sp³-hybridized carbons (Fsp3) is 0.571. The molecule has 0 aliphatic carbocycles. The van der Waals surface area contributed by atoms with E-state index in [1.807, 2.05) is 18.2 Å². The quantitative estimate of drug-likeness (QED) is 0.660. The maximum atomic E-state index is 5.47. The lowest BCUT2D eigenvalue weighted by Gasteiger charge is -2.12. The Kier molecular flexibility index (Phi) is 7.77. The lowest BCUT2D eigenvalue weighted by Crippen LogP contribution is -2.11. The van der Waals surface area contributed by atoms with Crippen LogP contribution in [0.1, 0.15) is 6.42 Å². The molecule has 1 N–H and O–H groups in total. The molecule has 1 aromatic carbocycles. The standard InChI is InChI=1S/C14H23NO4/c1-16-8-4-9-19-10-7-15-13-11-12(17-2)5-6-14(13)18-3/h5-6,11,15H,4,7-10H2,1-3H3. The molecule has 0 atom stereocenters. The van der Waals surface area contributed by atoms with Crippen molar-refractivity contribution in [1.29, 1.82) is 0 Å². The molecule has 5 nitrogen and oxygen atoms in total. The molecule has 0 aliphatic heterocycles. The summed E-state index contributed by atoms with van der Waals surface area (Å²) in [5, 5.41) is 3.27. The highest BCUT2D eigenvalue weighted by molar-refractivity contribution is 5.59. The van der Waals surface area contributed by atoms with Gasteiger partial charge in [0.2, 0.25) is 0 Å². The van der Waals surface area contributed by atoms with Crippen molar-refractivity contribution in [2.24, 2.45) is 0 Å². The number of hydrogen-bond acceptors (Lipinski definition) is 5. The first-order chi connectivity index (χ1) is 9.31. The fourth-order valence-electron chi connectivity index (χ4n) is 1.62. The third-order valence-corrected chi connectivity index (χ3v) is 2.61. The Morgan fingerprint density at radius 1 is 1.00 bits per heavy atom. The van der Waals surface area contributed by atoms with E-state index < -0.39 is 0 Å². The maximum absolute atomic E-state index is 5.47. The fourth-order valence-corrected chi connectivity index (χ4v) is 1.62. The Balaban J connectivity index is 2.31. The average molecular weight is 269 g/mol.